The molecule has 3 atom stereocenters. The lowest BCUT2D eigenvalue weighted by Crippen LogP contribution is -2.44. The zero-order valence-electron chi connectivity index (χ0n) is 10.1. The molecule has 0 radical (unpaired) electrons. The van der Waals surface area contributed by atoms with E-state index in [9.17, 15) is 0 Å². The van der Waals surface area contributed by atoms with E-state index in [2.05, 4.69) is 46.9 Å². The molecule has 2 fully saturated rings. The Labute approximate surface area is 113 Å². The Morgan fingerprint density at radius 2 is 2.12 bits per heavy atom. The summed E-state index contributed by atoms with van der Waals surface area (Å²) in [6.45, 7) is 1.24. The van der Waals surface area contributed by atoms with Crippen LogP contribution in [0, 0.1) is 0 Å². The molecule has 4 heteroatoms. The molecular weight excluding hydrogens is 254 g/mol. The molecule has 0 aromatic rings. The second-order valence-corrected chi connectivity index (χ2v) is 8.28. The van der Waals surface area contributed by atoms with Gasteiger partial charge in [-0.25, -0.2) is 0 Å². The highest BCUT2D eigenvalue weighted by molar-refractivity contribution is 8.06. The normalized spacial score (nSPS) is 36.2. The maximum absolute atomic E-state index is 3.84. The van der Waals surface area contributed by atoms with Gasteiger partial charge in [-0.3, -0.25) is 0 Å². The van der Waals surface area contributed by atoms with Gasteiger partial charge in [0.1, 0.15) is 0 Å². The van der Waals surface area contributed by atoms with Crippen molar-refractivity contribution in [1.29, 1.82) is 0 Å². The van der Waals surface area contributed by atoms with Gasteiger partial charge in [0, 0.05) is 40.3 Å². The largest absolute Gasteiger partial charge is 0.312 e. The van der Waals surface area contributed by atoms with Gasteiger partial charge in [0.15, 0.2) is 0 Å². The lowest BCUT2D eigenvalue weighted by Gasteiger charge is -2.33. The molecule has 1 saturated heterocycles. The monoisotopic (exact) mass is 277 g/mol. The van der Waals surface area contributed by atoms with Gasteiger partial charge in [0.25, 0.3) is 0 Å². The van der Waals surface area contributed by atoms with E-state index in [1.165, 1.54) is 49.5 Å². The topological polar surface area (TPSA) is 12.0 Å². The molecule has 1 N–H and O–H groups in total. The maximum Gasteiger partial charge on any atom is 0.0263 e. The number of hydrogen-bond donors (Lipinski definition) is 1. The number of thioether (sulfide) groups is 3. The number of hydrogen-bond acceptors (Lipinski definition) is 4. The molecule has 2 aliphatic rings. The van der Waals surface area contributed by atoms with Crippen molar-refractivity contribution in [1.82, 2.24) is 5.32 Å². The summed E-state index contributed by atoms with van der Waals surface area (Å²) in [7, 11) is 0. The molecule has 0 aromatic carbocycles. The van der Waals surface area contributed by atoms with E-state index in [-0.39, 0.29) is 0 Å². The van der Waals surface area contributed by atoms with Crippen LogP contribution in [0.2, 0.25) is 0 Å². The third-order valence-electron chi connectivity index (χ3n) is 3.50. The summed E-state index contributed by atoms with van der Waals surface area (Å²) in [4.78, 5) is 0. The molecule has 1 aliphatic heterocycles. The Kier molecular flexibility index (Phi) is 6.26. The second-order valence-electron chi connectivity index (χ2n) is 4.64. The first-order valence-corrected chi connectivity index (χ1v) is 9.85. The smallest absolute Gasteiger partial charge is 0.0263 e. The van der Waals surface area contributed by atoms with Crippen LogP contribution in [0.3, 0.4) is 0 Å². The minimum atomic E-state index is 0.788. The van der Waals surface area contributed by atoms with Crippen molar-refractivity contribution in [2.24, 2.45) is 0 Å². The fraction of sp³-hybridized carbons (Fsp3) is 1.00. The molecule has 16 heavy (non-hydrogen) atoms. The third-order valence-corrected chi connectivity index (χ3v) is 7.51. The first-order valence-electron chi connectivity index (χ1n) is 6.35. The molecule has 1 nitrogen and oxygen atoms in total. The summed E-state index contributed by atoms with van der Waals surface area (Å²) in [5.41, 5.74) is 0. The van der Waals surface area contributed by atoms with Gasteiger partial charge in [-0.05, 0) is 19.1 Å². The van der Waals surface area contributed by atoms with Crippen LogP contribution in [0.25, 0.3) is 0 Å². The van der Waals surface area contributed by atoms with Crippen LogP contribution in [0.4, 0.5) is 0 Å². The number of nitrogens with one attached hydrogen (secondary N) is 1. The average molecular weight is 278 g/mol. The van der Waals surface area contributed by atoms with E-state index in [1.807, 2.05) is 0 Å². The summed E-state index contributed by atoms with van der Waals surface area (Å²) < 4.78 is 0. The van der Waals surface area contributed by atoms with Crippen molar-refractivity contribution < 1.29 is 0 Å². The van der Waals surface area contributed by atoms with Gasteiger partial charge in [-0.15, -0.1) is 0 Å². The van der Waals surface area contributed by atoms with Gasteiger partial charge >= 0.3 is 0 Å². The molecule has 1 heterocycles. The number of rotatable bonds is 4. The van der Waals surface area contributed by atoms with Crippen LogP contribution < -0.4 is 5.32 Å². The van der Waals surface area contributed by atoms with Crippen LogP contribution in [-0.2, 0) is 0 Å². The van der Waals surface area contributed by atoms with Gasteiger partial charge in [-0.1, -0.05) is 12.8 Å². The summed E-state index contributed by atoms with van der Waals surface area (Å²) in [5.74, 6) is 4.07. The highest BCUT2D eigenvalue weighted by Crippen LogP contribution is 2.28. The fourth-order valence-electron chi connectivity index (χ4n) is 2.55. The summed E-state index contributed by atoms with van der Waals surface area (Å²) in [5, 5.41) is 5.57. The van der Waals surface area contributed by atoms with Crippen LogP contribution >= 0.6 is 35.3 Å². The molecule has 1 saturated carbocycles. The van der Waals surface area contributed by atoms with Crippen molar-refractivity contribution >= 4 is 35.3 Å². The molecule has 1 aliphatic carbocycles. The van der Waals surface area contributed by atoms with E-state index in [0.29, 0.717) is 0 Å². The predicted octanol–water partition coefficient (Wildman–Crippen LogP) is 3.10. The summed E-state index contributed by atoms with van der Waals surface area (Å²) in [6.07, 6.45) is 7.97. The Morgan fingerprint density at radius 1 is 1.25 bits per heavy atom. The Morgan fingerprint density at radius 3 is 2.88 bits per heavy atom. The summed E-state index contributed by atoms with van der Waals surface area (Å²) in [6, 6.07) is 0.788. The first kappa shape index (κ1) is 13.4. The van der Waals surface area contributed by atoms with Crippen LogP contribution in [0.15, 0.2) is 0 Å². The van der Waals surface area contributed by atoms with Crippen molar-refractivity contribution in [3.8, 4) is 0 Å². The van der Waals surface area contributed by atoms with E-state index >= 15 is 0 Å². The molecular formula is C12H23NS3. The van der Waals surface area contributed by atoms with Gasteiger partial charge < -0.3 is 5.32 Å². The van der Waals surface area contributed by atoms with E-state index in [0.717, 1.165) is 16.5 Å². The fourth-order valence-corrected chi connectivity index (χ4v) is 6.14. The second kappa shape index (κ2) is 7.45. The molecule has 0 amide bonds. The summed E-state index contributed by atoms with van der Waals surface area (Å²) >= 11 is 6.37. The van der Waals surface area contributed by atoms with E-state index < -0.39 is 0 Å². The standard InChI is InChI=1S/C12H23NS3/c1-14-12-5-3-2-4-11(12)13-8-10-9-15-6-7-16-10/h10-13H,2-9H2,1H3. The van der Waals surface area contributed by atoms with Crippen LogP contribution in [0.5, 0.6) is 0 Å². The molecule has 0 bridgehead atoms. The molecule has 3 unspecified atom stereocenters. The van der Waals surface area contributed by atoms with Crippen LogP contribution in [-0.4, -0.2) is 46.6 Å². The Bertz CT molecular complexity index is 195. The lowest BCUT2D eigenvalue weighted by molar-refractivity contribution is 0.386. The maximum atomic E-state index is 3.84. The first-order chi connectivity index (χ1) is 7.90. The molecule has 0 spiro atoms. The van der Waals surface area contributed by atoms with Gasteiger partial charge in [0.05, 0.1) is 0 Å². The average Bonchev–Trinajstić information content (AvgIpc) is 2.38. The molecule has 94 valence electrons. The molecule has 2 rings (SSSR count). The quantitative estimate of drug-likeness (QED) is 0.847. The van der Waals surface area contributed by atoms with Gasteiger partial charge in [-0.2, -0.15) is 35.3 Å². The lowest BCUT2D eigenvalue weighted by atomic mass is 9.95. The SMILES string of the molecule is CSC1CCCCC1NCC1CSCCS1. The Hall–Kier alpha value is 1.01. The minimum Gasteiger partial charge on any atom is -0.312 e. The van der Waals surface area contributed by atoms with Crippen LogP contribution in [0.1, 0.15) is 25.7 Å². The van der Waals surface area contributed by atoms with Gasteiger partial charge in [0.2, 0.25) is 0 Å². The van der Waals surface area contributed by atoms with Crippen molar-refractivity contribution in [2.45, 2.75) is 42.2 Å². The van der Waals surface area contributed by atoms with Crippen molar-refractivity contribution in [2.75, 3.05) is 30.1 Å². The highest BCUT2D eigenvalue weighted by Gasteiger charge is 2.25. The van der Waals surface area contributed by atoms with E-state index in [4.69, 9.17) is 0 Å². The molecule has 0 aromatic heterocycles. The zero-order valence-corrected chi connectivity index (χ0v) is 12.6. The highest BCUT2D eigenvalue weighted by atomic mass is 32.2. The minimum absolute atomic E-state index is 0.788. The van der Waals surface area contributed by atoms with Crippen molar-refractivity contribution in [3.63, 3.8) is 0 Å². The van der Waals surface area contributed by atoms with E-state index in [1.54, 1.807) is 0 Å². The Balaban J connectivity index is 1.70. The van der Waals surface area contributed by atoms with Crippen molar-refractivity contribution in [3.05, 3.63) is 0 Å². The third kappa shape index (κ3) is 4.04. The predicted molar refractivity (Wildman–Crippen MR) is 81.1 cm³/mol. The zero-order chi connectivity index (χ0) is 11.2.